The minimum atomic E-state index is -0.0399. The number of hydrogen-bond acceptors (Lipinski definition) is 6. The Labute approximate surface area is 377 Å². The van der Waals surface area contributed by atoms with E-state index in [9.17, 15) is 20.4 Å². The Kier molecular flexibility index (Phi) is 16.5. The number of unbranched alkanes of at least 4 members (excludes halogenated alkanes) is 5. The van der Waals surface area contributed by atoms with Crippen LogP contribution in [0.3, 0.4) is 0 Å². The molecule has 0 bridgehead atoms. The van der Waals surface area contributed by atoms with Gasteiger partial charge in [0.2, 0.25) is 0 Å². The molecule has 4 aromatic rings. The van der Waals surface area contributed by atoms with Gasteiger partial charge in [0.05, 0.1) is 0 Å². The van der Waals surface area contributed by atoms with Crippen molar-refractivity contribution in [1.82, 2.24) is 9.80 Å². The number of phenolic OH excluding ortho intramolecular Hbond substituents is 4. The van der Waals surface area contributed by atoms with Crippen LogP contribution in [0.15, 0.2) is 48.5 Å². The van der Waals surface area contributed by atoms with E-state index in [1.54, 1.807) is 0 Å². The van der Waals surface area contributed by atoms with Crippen molar-refractivity contribution >= 4 is 0 Å². The molecule has 6 nitrogen and oxygen atoms in total. The minimum Gasteiger partial charge on any atom is -0.507 e. The van der Waals surface area contributed by atoms with Crippen LogP contribution in [-0.4, -0.2) is 43.3 Å². The van der Waals surface area contributed by atoms with Crippen LogP contribution < -0.4 is 0 Å². The second kappa shape index (κ2) is 20.2. The Hall–Kier alpha value is -4.00. The highest BCUT2D eigenvalue weighted by Crippen LogP contribution is 2.37. The van der Waals surface area contributed by atoms with E-state index in [0.717, 1.165) is 96.1 Å². The van der Waals surface area contributed by atoms with Gasteiger partial charge >= 0.3 is 0 Å². The van der Waals surface area contributed by atoms with Gasteiger partial charge in [0.15, 0.2) is 0 Å². The van der Waals surface area contributed by atoms with Gasteiger partial charge in [0.1, 0.15) is 23.0 Å². The zero-order valence-corrected chi connectivity index (χ0v) is 41.8. The summed E-state index contributed by atoms with van der Waals surface area (Å²) in [6.45, 7) is 38.7. The van der Waals surface area contributed by atoms with Gasteiger partial charge in [-0.15, -0.1) is 0 Å². The monoisotopic (exact) mass is 849 g/mol. The Balaban J connectivity index is 1.47. The Morgan fingerprint density at radius 1 is 0.323 bits per heavy atom. The van der Waals surface area contributed by atoms with Gasteiger partial charge in [0.25, 0.3) is 0 Å². The summed E-state index contributed by atoms with van der Waals surface area (Å²) in [4.78, 5) is 4.80. The van der Waals surface area contributed by atoms with E-state index < -0.39 is 0 Å². The molecule has 0 aliphatic heterocycles. The van der Waals surface area contributed by atoms with E-state index in [2.05, 4.69) is 141 Å². The molecule has 62 heavy (non-hydrogen) atoms. The van der Waals surface area contributed by atoms with Gasteiger partial charge in [-0.05, 0) is 120 Å². The molecule has 0 amide bonds. The molecule has 0 fully saturated rings. The fraction of sp³-hybridized carbons (Fsp3) is 0.571. The lowest BCUT2D eigenvalue weighted by molar-refractivity contribution is 0.239. The number of aromatic hydroxyl groups is 4. The minimum absolute atomic E-state index is 0.0399. The van der Waals surface area contributed by atoms with Crippen molar-refractivity contribution in [3.05, 3.63) is 115 Å². The molecule has 0 saturated heterocycles. The largest absolute Gasteiger partial charge is 0.507 e. The number of aryl methyl sites for hydroxylation is 4. The normalized spacial score (nSPS) is 12.9. The van der Waals surface area contributed by atoms with Crippen molar-refractivity contribution < 1.29 is 20.4 Å². The van der Waals surface area contributed by atoms with Crippen LogP contribution in [0.25, 0.3) is 0 Å². The molecule has 6 heteroatoms. The lowest BCUT2D eigenvalue weighted by Crippen LogP contribution is -2.25. The highest BCUT2D eigenvalue weighted by molar-refractivity contribution is 5.48. The zero-order valence-electron chi connectivity index (χ0n) is 41.8. The summed E-state index contributed by atoms with van der Waals surface area (Å²) in [5, 5.41) is 45.1. The van der Waals surface area contributed by atoms with E-state index >= 15 is 0 Å². The molecule has 0 aliphatic rings. The Morgan fingerprint density at radius 3 is 0.710 bits per heavy atom. The highest BCUT2D eigenvalue weighted by atomic mass is 16.3. The van der Waals surface area contributed by atoms with E-state index in [0.29, 0.717) is 49.2 Å². The molecule has 0 heterocycles. The lowest BCUT2D eigenvalue weighted by atomic mass is 9.84. The number of phenols is 4. The first-order valence-electron chi connectivity index (χ1n) is 23.3. The maximum Gasteiger partial charge on any atom is 0.122 e. The maximum absolute atomic E-state index is 11.3. The number of nitrogens with zero attached hydrogens (tertiary/aromatic N) is 2. The fourth-order valence-corrected chi connectivity index (χ4v) is 8.39. The molecule has 4 aromatic carbocycles. The number of rotatable bonds is 17. The summed E-state index contributed by atoms with van der Waals surface area (Å²) in [6, 6.07) is 17.1. The van der Waals surface area contributed by atoms with Crippen LogP contribution in [0.1, 0.15) is 188 Å². The zero-order chi connectivity index (χ0) is 46.5. The summed E-state index contributed by atoms with van der Waals surface area (Å²) >= 11 is 0. The van der Waals surface area contributed by atoms with Crippen molar-refractivity contribution in [3.63, 3.8) is 0 Å². The van der Waals surface area contributed by atoms with Gasteiger partial charge in [-0.1, -0.05) is 157 Å². The molecule has 0 saturated carbocycles. The number of benzene rings is 4. The molecular formula is C56H84N2O4. The number of hydrogen-bond donors (Lipinski definition) is 4. The third-order valence-corrected chi connectivity index (χ3v) is 12.8. The Morgan fingerprint density at radius 2 is 0.516 bits per heavy atom. The van der Waals surface area contributed by atoms with Crippen molar-refractivity contribution in [2.75, 3.05) is 13.1 Å². The van der Waals surface area contributed by atoms with Crippen molar-refractivity contribution in [3.8, 4) is 23.0 Å². The van der Waals surface area contributed by atoms with Crippen molar-refractivity contribution in [2.24, 2.45) is 0 Å². The summed E-state index contributed by atoms with van der Waals surface area (Å²) < 4.78 is 0. The van der Waals surface area contributed by atoms with Crippen LogP contribution in [0.4, 0.5) is 0 Å². The van der Waals surface area contributed by atoms with Crippen LogP contribution in [0.5, 0.6) is 23.0 Å². The van der Waals surface area contributed by atoms with Gasteiger partial charge in [-0.25, -0.2) is 0 Å². The summed E-state index contributed by atoms with van der Waals surface area (Å²) in [5.41, 5.74) is 12.0. The van der Waals surface area contributed by atoms with Gasteiger partial charge in [0, 0.05) is 48.4 Å². The SMILES string of the molecule is Cc1cc(C(C)(C)C)cc(CN(CCCCCCCCN(Cc2cc(C(C)(C)C)cc(C)c2O)Cc2cc(C(C)(C)C)cc(C)c2O)Cc2cc(C(C)(C)C)cc(C)c2O)c1O. The second-order valence-corrected chi connectivity index (χ2v) is 22.7. The molecule has 0 aliphatic carbocycles. The lowest BCUT2D eigenvalue weighted by Gasteiger charge is -2.28. The van der Waals surface area contributed by atoms with Crippen LogP contribution in [-0.2, 0) is 47.8 Å². The van der Waals surface area contributed by atoms with Gasteiger partial charge in [-0.3, -0.25) is 9.80 Å². The molecule has 0 unspecified atom stereocenters. The van der Waals surface area contributed by atoms with Crippen LogP contribution >= 0.6 is 0 Å². The van der Waals surface area contributed by atoms with E-state index in [-0.39, 0.29) is 21.7 Å². The van der Waals surface area contributed by atoms with Crippen molar-refractivity contribution in [1.29, 1.82) is 0 Å². The van der Waals surface area contributed by atoms with Crippen LogP contribution in [0.2, 0.25) is 0 Å². The van der Waals surface area contributed by atoms with E-state index in [1.165, 1.54) is 22.3 Å². The molecule has 342 valence electrons. The molecule has 0 atom stereocenters. The van der Waals surface area contributed by atoms with E-state index in [4.69, 9.17) is 0 Å². The average Bonchev–Trinajstić information content (AvgIpc) is 3.14. The van der Waals surface area contributed by atoms with Gasteiger partial charge < -0.3 is 20.4 Å². The molecule has 0 aromatic heterocycles. The molecule has 4 N–H and O–H groups in total. The summed E-state index contributed by atoms with van der Waals surface area (Å²) in [6.07, 6.45) is 6.50. The molecule has 0 spiro atoms. The third-order valence-electron chi connectivity index (χ3n) is 12.8. The molecular weight excluding hydrogens is 765 g/mol. The van der Waals surface area contributed by atoms with E-state index in [1.807, 2.05) is 27.7 Å². The summed E-state index contributed by atoms with van der Waals surface area (Å²) in [7, 11) is 0. The van der Waals surface area contributed by atoms with Crippen LogP contribution in [0, 0.1) is 27.7 Å². The Bertz CT molecular complexity index is 1840. The fourth-order valence-electron chi connectivity index (χ4n) is 8.39. The standard InChI is InChI=1S/C56H84N2O4/c1-37-25-45(53(5,6)7)29-41(49(37)59)33-57(34-42-30-46(54(8,9)10)26-38(2)50(42)60)23-21-19-17-18-20-22-24-58(35-43-31-47(55(11,12)13)27-39(3)51(43)61)36-44-32-48(56(14,15)16)28-40(4)52(44)62/h25-32,59-62H,17-24,33-36H2,1-16H3. The van der Waals surface area contributed by atoms with Crippen molar-refractivity contribution in [2.45, 2.75) is 197 Å². The van der Waals surface area contributed by atoms with Gasteiger partial charge in [-0.2, -0.15) is 0 Å². The smallest absolute Gasteiger partial charge is 0.122 e. The maximum atomic E-state index is 11.3. The first-order valence-corrected chi connectivity index (χ1v) is 23.3. The predicted molar refractivity (Wildman–Crippen MR) is 262 cm³/mol. The topological polar surface area (TPSA) is 87.4 Å². The quantitative estimate of drug-likeness (QED) is 0.0792. The average molecular weight is 849 g/mol. The highest BCUT2D eigenvalue weighted by Gasteiger charge is 2.24. The second-order valence-electron chi connectivity index (χ2n) is 22.7. The first kappa shape index (κ1) is 50.6. The first-order chi connectivity index (χ1) is 28.6. The summed E-state index contributed by atoms with van der Waals surface area (Å²) in [5.74, 6) is 1.45. The predicted octanol–water partition coefficient (Wildman–Crippen LogP) is 14.0. The molecule has 0 radical (unpaired) electrons. The molecule has 4 rings (SSSR count). The third kappa shape index (κ3) is 13.7.